The topological polar surface area (TPSA) is 237 Å². The van der Waals surface area contributed by atoms with Crippen LogP contribution in [0.25, 0.3) is 20.7 Å². The lowest BCUT2D eigenvalue weighted by molar-refractivity contribution is -0.0479. The summed E-state index contributed by atoms with van der Waals surface area (Å²) in [7, 11) is 3.25. The van der Waals surface area contributed by atoms with E-state index in [2.05, 4.69) is 48.3 Å². The number of benzene rings is 6. The van der Waals surface area contributed by atoms with E-state index in [1.165, 1.54) is 9.13 Å². The lowest BCUT2D eigenvalue weighted by atomic mass is 9.77. The minimum Gasteiger partial charge on any atom is -0.497 e. The van der Waals surface area contributed by atoms with Gasteiger partial charge in [-0.15, -0.1) is 0 Å². The molecule has 0 saturated carbocycles. The van der Waals surface area contributed by atoms with E-state index in [1.54, 1.807) is 28.1 Å². The second kappa shape index (κ2) is 26.9. The lowest BCUT2D eigenvalue weighted by Gasteiger charge is -2.37. The molecule has 6 N–H and O–H groups in total. The highest BCUT2D eigenvalue weighted by molar-refractivity contribution is 7.16. The first kappa shape index (κ1) is 63.1. The van der Waals surface area contributed by atoms with Crippen LogP contribution in [0.2, 0.25) is 0 Å². The van der Waals surface area contributed by atoms with Gasteiger partial charge in [0.1, 0.15) is 44.4 Å². The van der Waals surface area contributed by atoms with E-state index in [0.717, 1.165) is 68.9 Å². The average molecular weight is 1250 g/mol. The van der Waals surface area contributed by atoms with Gasteiger partial charge in [-0.1, -0.05) is 209 Å². The number of rotatable bonds is 20. The molecule has 2 saturated heterocycles. The van der Waals surface area contributed by atoms with Gasteiger partial charge in [0.05, 0.1) is 38.6 Å². The molecule has 0 aliphatic carbocycles. The summed E-state index contributed by atoms with van der Waals surface area (Å²) in [6.45, 7) is 11.8. The number of aromatic amines is 2. The summed E-state index contributed by atoms with van der Waals surface area (Å²) in [6.07, 6.45) is -0.156. The van der Waals surface area contributed by atoms with Crippen LogP contribution < -0.4 is 41.0 Å². The van der Waals surface area contributed by atoms with Gasteiger partial charge >= 0.3 is 9.75 Å². The van der Waals surface area contributed by atoms with E-state index < -0.39 is 46.9 Å². The number of hydrogen-bond acceptors (Lipinski definition) is 16. The number of aromatic nitrogens is 6. The second-order valence-electron chi connectivity index (χ2n) is 23.5. The predicted octanol–water partition coefficient (Wildman–Crippen LogP) is 11.8. The van der Waals surface area contributed by atoms with Crippen LogP contribution in [-0.4, -0.2) is 77.9 Å². The van der Waals surface area contributed by atoms with E-state index >= 15 is 0 Å². The maximum Gasteiger partial charge on any atom is 0.311 e. The number of ether oxygens (including phenoxy) is 4. The van der Waals surface area contributed by atoms with E-state index in [1.807, 2.05) is 170 Å². The smallest absolute Gasteiger partial charge is 0.311 e. The molecule has 6 heterocycles. The number of thiazole rings is 2. The molecule has 10 aromatic rings. The van der Waals surface area contributed by atoms with Crippen LogP contribution in [-0.2, 0) is 20.6 Å². The zero-order valence-corrected chi connectivity index (χ0v) is 53.2. The first-order valence-corrected chi connectivity index (χ1v) is 32.2. The number of hydrogen-bond donors (Lipinski definition) is 6. The van der Waals surface area contributed by atoms with Gasteiger partial charge in [0.2, 0.25) is 11.9 Å². The maximum absolute atomic E-state index is 13.6. The molecule has 2 aliphatic rings. The standard InChI is InChI=1S/2C35H38N4O5S/c2*1-5-21(2)28-20-27(22(3)40)32(44-28)39-30-29(45-34(39)42)31(41)37-33(36-30)38-35(23-12-8-6-9-13-23,24-14-10-7-11-15-24)25-16-18-26(43-4)19-17-25/h2*6-19,21-22,27-28,32,40H,5,20H2,1-4H3,(H2,36,37,38,41)/t21-,22+,27-,28-,32+;21-,22-,27-,28-,32+/m00/s1. The Morgan fingerprint density at radius 2 is 0.811 bits per heavy atom. The fraction of sp³-hybridized carbons (Fsp3) is 0.343. The Hall–Kier alpha value is -8.50. The Morgan fingerprint density at radius 1 is 0.511 bits per heavy atom. The Labute approximate surface area is 529 Å². The third kappa shape index (κ3) is 12.1. The van der Waals surface area contributed by atoms with Crippen LogP contribution in [0.4, 0.5) is 11.9 Å². The quantitative estimate of drug-likeness (QED) is 0.0390. The summed E-state index contributed by atoms with van der Waals surface area (Å²) in [5.41, 5.74) is 3.02. The van der Waals surface area contributed by atoms with Crippen molar-refractivity contribution in [3.05, 3.63) is 243 Å². The van der Waals surface area contributed by atoms with Crippen LogP contribution in [0.1, 0.15) is 113 Å². The number of aliphatic hydroxyl groups excluding tert-OH is 2. The number of aliphatic hydroxyl groups is 2. The highest BCUT2D eigenvalue weighted by Gasteiger charge is 2.45. The van der Waals surface area contributed by atoms with Gasteiger partial charge in [-0.05, 0) is 96.2 Å². The molecule has 0 amide bonds. The van der Waals surface area contributed by atoms with Crippen LogP contribution in [0.15, 0.2) is 189 Å². The van der Waals surface area contributed by atoms with Crippen molar-refractivity contribution in [2.75, 3.05) is 24.9 Å². The van der Waals surface area contributed by atoms with Crippen molar-refractivity contribution in [2.24, 2.45) is 23.7 Å². The number of fused-ring (bicyclic) bond motifs is 2. The molecule has 12 rings (SSSR count). The van der Waals surface area contributed by atoms with Crippen molar-refractivity contribution in [3.8, 4) is 11.5 Å². The third-order valence-electron chi connectivity index (χ3n) is 18.1. The summed E-state index contributed by atoms with van der Waals surface area (Å²) in [5, 5.41) is 28.7. The number of anilines is 2. The molecule has 4 aromatic heterocycles. The Bertz CT molecular complexity index is 3930. The number of nitrogens with zero attached hydrogens (tertiary/aromatic N) is 4. The van der Waals surface area contributed by atoms with Crippen LogP contribution >= 0.6 is 22.7 Å². The Morgan fingerprint density at radius 3 is 1.09 bits per heavy atom. The zero-order chi connectivity index (χ0) is 63.4. The van der Waals surface area contributed by atoms with E-state index in [-0.39, 0.29) is 78.2 Å². The minimum atomic E-state index is -0.993. The molecule has 10 atom stereocenters. The molecule has 20 heteroatoms. The molecule has 6 aromatic carbocycles. The summed E-state index contributed by atoms with van der Waals surface area (Å²) in [6, 6.07) is 55.3. The van der Waals surface area contributed by atoms with Gasteiger partial charge in [0.25, 0.3) is 11.1 Å². The van der Waals surface area contributed by atoms with Crippen LogP contribution in [0.5, 0.6) is 11.5 Å². The normalized spacial score (nSPS) is 19.8. The van der Waals surface area contributed by atoms with Crippen molar-refractivity contribution < 1.29 is 29.2 Å². The van der Waals surface area contributed by atoms with Gasteiger partial charge in [0.15, 0.2) is 11.3 Å². The van der Waals surface area contributed by atoms with Gasteiger partial charge in [-0.3, -0.25) is 38.3 Å². The summed E-state index contributed by atoms with van der Waals surface area (Å²) in [5.74, 6) is 1.63. The molecular weight excluding hydrogens is 1180 g/mol. The third-order valence-corrected chi connectivity index (χ3v) is 20.0. The number of nitrogens with one attached hydrogen (secondary N) is 4. The Kier molecular flexibility index (Phi) is 18.9. The Balaban J connectivity index is 0.000000185. The molecule has 18 nitrogen and oxygen atoms in total. The van der Waals surface area contributed by atoms with Crippen molar-refractivity contribution in [1.29, 1.82) is 0 Å². The van der Waals surface area contributed by atoms with Gasteiger partial charge in [-0.25, -0.2) is 0 Å². The fourth-order valence-corrected chi connectivity index (χ4v) is 14.4. The molecule has 2 aliphatic heterocycles. The van der Waals surface area contributed by atoms with E-state index in [4.69, 9.17) is 28.9 Å². The lowest BCUT2D eigenvalue weighted by Crippen LogP contribution is -2.39. The predicted molar refractivity (Wildman–Crippen MR) is 354 cm³/mol. The molecule has 0 radical (unpaired) electrons. The highest BCUT2D eigenvalue weighted by Crippen LogP contribution is 2.45. The van der Waals surface area contributed by atoms with Crippen molar-refractivity contribution in [3.63, 3.8) is 0 Å². The van der Waals surface area contributed by atoms with Crippen molar-refractivity contribution in [1.82, 2.24) is 29.1 Å². The largest absolute Gasteiger partial charge is 0.497 e. The molecular formula is C70H76N8O10S2. The fourth-order valence-electron chi connectivity index (χ4n) is 12.7. The molecule has 0 bridgehead atoms. The minimum absolute atomic E-state index is 0.125. The molecule has 0 spiro atoms. The first-order valence-electron chi connectivity index (χ1n) is 30.6. The maximum atomic E-state index is 13.6. The molecule has 90 heavy (non-hydrogen) atoms. The summed E-state index contributed by atoms with van der Waals surface area (Å²) < 4.78 is 27.2. The van der Waals surface area contributed by atoms with Gasteiger partial charge in [0, 0.05) is 11.8 Å². The monoisotopic (exact) mass is 1250 g/mol. The molecule has 2 fully saturated rings. The number of methoxy groups -OCH3 is 2. The zero-order valence-electron chi connectivity index (χ0n) is 51.5. The second-order valence-corrected chi connectivity index (χ2v) is 25.4. The summed E-state index contributed by atoms with van der Waals surface area (Å²) in [4.78, 5) is 69.1. The van der Waals surface area contributed by atoms with Gasteiger partial charge in [-0.2, -0.15) is 9.97 Å². The summed E-state index contributed by atoms with van der Waals surface area (Å²) >= 11 is 1.68. The van der Waals surface area contributed by atoms with Crippen LogP contribution in [0, 0.1) is 23.7 Å². The van der Waals surface area contributed by atoms with Crippen LogP contribution in [0.3, 0.4) is 0 Å². The van der Waals surface area contributed by atoms with E-state index in [9.17, 15) is 29.4 Å². The van der Waals surface area contributed by atoms with E-state index in [0.29, 0.717) is 24.3 Å². The van der Waals surface area contributed by atoms with Gasteiger partial charge < -0.3 is 39.8 Å². The molecule has 0 unspecified atom stereocenters. The highest BCUT2D eigenvalue weighted by atomic mass is 32.1. The number of H-pyrrole nitrogens is 2. The average Bonchev–Trinajstić information content (AvgIpc) is 1.91. The SMILES string of the molecule is CC[C@H](C)[C@@H]1C[C@@H]([C@@H](C)O)[C@H](n2c(=O)sc3c(=O)[nH]c(NC(c4ccccc4)(c4ccccc4)c4ccc(OC)cc4)nc32)O1.CC[C@H](C)[C@@H]1C[C@@H]([C@H](C)O)[C@H](n2c(=O)sc3c(=O)[nH]c(NC(c4ccccc4)(c4ccccc4)c4ccc(OC)cc4)nc32)O1. The van der Waals surface area contributed by atoms with Crippen molar-refractivity contribution >= 4 is 55.3 Å². The first-order chi connectivity index (χ1) is 43.5. The van der Waals surface area contributed by atoms with Crippen molar-refractivity contribution in [2.45, 2.75) is 115 Å². The molecule has 468 valence electrons.